The number of nitrogens with zero attached hydrogens (tertiary/aromatic N) is 4. The van der Waals surface area contributed by atoms with Crippen molar-refractivity contribution in [2.45, 2.75) is 19.5 Å². The lowest BCUT2D eigenvalue weighted by Gasteiger charge is -2.37. The van der Waals surface area contributed by atoms with E-state index in [0.29, 0.717) is 6.54 Å². The van der Waals surface area contributed by atoms with E-state index in [0.717, 1.165) is 36.6 Å². The summed E-state index contributed by atoms with van der Waals surface area (Å²) in [7, 11) is 1.87. The highest BCUT2D eigenvalue weighted by molar-refractivity contribution is 5.73. The van der Waals surface area contributed by atoms with Gasteiger partial charge in [0.1, 0.15) is 6.04 Å². The predicted molar refractivity (Wildman–Crippen MR) is 87.6 cm³/mol. The number of hydrogen-bond acceptors (Lipinski definition) is 4. The molecule has 0 bridgehead atoms. The number of carbonyl (C=O) groups is 1. The molecule has 1 N–H and O–H groups in total. The fourth-order valence-electron chi connectivity index (χ4n) is 2.95. The van der Waals surface area contributed by atoms with Crippen LogP contribution in [0.5, 0.6) is 0 Å². The first-order valence-corrected chi connectivity index (χ1v) is 7.80. The topological polar surface area (TPSA) is 61.6 Å². The lowest BCUT2D eigenvalue weighted by molar-refractivity contribution is -0.145. The standard InChI is InChI=1S/C17H22N4O2/c1-13-14(11-21(18-13)15-6-4-3-5-7-15)10-20-9-8-19(2)16(12-20)17(22)23/h3-7,11,16H,8-10,12H2,1-2H3,(H,22,23). The van der Waals surface area contributed by atoms with Crippen LogP contribution in [0.3, 0.4) is 0 Å². The van der Waals surface area contributed by atoms with Gasteiger partial charge in [0, 0.05) is 37.9 Å². The summed E-state index contributed by atoms with van der Waals surface area (Å²) in [5, 5.41) is 13.9. The first-order valence-electron chi connectivity index (χ1n) is 7.80. The van der Waals surface area contributed by atoms with Crippen molar-refractivity contribution < 1.29 is 9.90 Å². The van der Waals surface area contributed by atoms with Gasteiger partial charge in [-0.3, -0.25) is 14.6 Å². The summed E-state index contributed by atoms with van der Waals surface area (Å²) in [5.41, 5.74) is 3.16. The van der Waals surface area contributed by atoms with Crippen molar-refractivity contribution in [2.75, 3.05) is 26.7 Å². The zero-order valence-corrected chi connectivity index (χ0v) is 13.5. The van der Waals surface area contributed by atoms with Gasteiger partial charge in [-0.05, 0) is 26.1 Å². The summed E-state index contributed by atoms with van der Waals surface area (Å²) in [6.45, 7) is 4.91. The Morgan fingerprint density at radius 1 is 1.30 bits per heavy atom. The maximum absolute atomic E-state index is 11.3. The molecule has 1 atom stereocenters. The molecule has 1 aliphatic heterocycles. The summed E-state index contributed by atoms with van der Waals surface area (Å²) in [6.07, 6.45) is 2.04. The Bertz CT molecular complexity index is 683. The van der Waals surface area contributed by atoms with E-state index < -0.39 is 12.0 Å². The normalized spacial score (nSPS) is 19.8. The van der Waals surface area contributed by atoms with Crippen LogP contribution in [-0.4, -0.2) is 63.4 Å². The Labute approximate surface area is 135 Å². The van der Waals surface area contributed by atoms with Crippen molar-refractivity contribution in [3.63, 3.8) is 0 Å². The minimum absolute atomic E-state index is 0.437. The first-order chi connectivity index (χ1) is 11.0. The van der Waals surface area contributed by atoms with Crippen molar-refractivity contribution >= 4 is 5.97 Å². The molecule has 0 saturated carbocycles. The van der Waals surface area contributed by atoms with Gasteiger partial charge in [-0.1, -0.05) is 18.2 Å². The van der Waals surface area contributed by atoms with Crippen LogP contribution in [0.25, 0.3) is 5.69 Å². The largest absolute Gasteiger partial charge is 0.480 e. The number of piperazine rings is 1. The summed E-state index contributed by atoms with van der Waals surface area (Å²) in [6, 6.07) is 9.57. The monoisotopic (exact) mass is 314 g/mol. The lowest BCUT2D eigenvalue weighted by atomic mass is 10.1. The van der Waals surface area contributed by atoms with Gasteiger partial charge in [0.15, 0.2) is 0 Å². The van der Waals surface area contributed by atoms with E-state index >= 15 is 0 Å². The second-order valence-electron chi connectivity index (χ2n) is 6.09. The molecule has 0 amide bonds. The highest BCUT2D eigenvalue weighted by atomic mass is 16.4. The van der Waals surface area contributed by atoms with Crippen molar-refractivity contribution in [3.8, 4) is 5.69 Å². The van der Waals surface area contributed by atoms with Gasteiger partial charge in [-0.25, -0.2) is 4.68 Å². The van der Waals surface area contributed by atoms with Crippen molar-refractivity contribution in [2.24, 2.45) is 0 Å². The van der Waals surface area contributed by atoms with E-state index in [2.05, 4.69) is 10.00 Å². The number of aryl methyl sites for hydroxylation is 1. The molecule has 6 nitrogen and oxygen atoms in total. The summed E-state index contributed by atoms with van der Waals surface area (Å²) in [4.78, 5) is 15.4. The van der Waals surface area contributed by atoms with Crippen molar-refractivity contribution in [1.82, 2.24) is 19.6 Å². The van der Waals surface area contributed by atoms with E-state index in [1.54, 1.807) is 0 Å². The number of carboxylic acids is 1. The summed E-state index contributed by atoms with van der Waals surface area (Å²) < 4.78 is 1.88. The van der Waals surface area contributed by atoms with Crippen molar-refractivity contribution in [1.29, 1.82) is 0 Å². The number of likely N-dealkylation sites (N-methyl/N-ethyl adjacent to an activating group) is 1. The molecular formula is C17H22N4O2. The fourth-order valence-corrected chi connectivity index (χ4v) is 2.95. The van der Waals surface area contributed by atoms with Crippen LogP contribution in [0.15, 0.2) is 36.5 Å². The minimum atomic E-state index is -0.756. The van der Waals surface area contributed by atoms with E-state index in [9.17, 15) is 9.90 Å². The molecule has 1 aliphatic rings. The van der Waals surface area contributed by atoms with E-state index in [1.165, 1.54) is 0 Å². The minimum Gasteiger partial charge on any atom is -0.480 e. The Morgan fingerprint density at radius 3 is 2.74 bits per heavy atom. The summed E-state index contributed by atoms with van der Waals surface area (Å²) >= 11 is 0. The van der Waals surface area contributed by atoms with E-state index in [1.807, 2.05) is 60.1 Å². The molecule has 2 heterocycles. The third-order valence-corrected chi connectivity index (χ3v) is 4.43. The average molecular weight is 314 g/mol. The van der Waals surface area contributed by atoms with Crippen LogP contribution < -0.4 is 0 Å². The number of aromatic nitrogens is 2. The molecule has 1 aromatic carbocycles. The van der Waals surface area contributed by atoms with Gasteiger partial charge >= 0.3 is 5.97 Å². The Balaban J connectivity index is 1.73. The molecule has 1 fully saturated rings. The lowest BCUT2D eigenvalue weighted by Crippen LogP contribution is -2.54. The fraction of sp³-hybridized carbons (Fsp3) is 0.412. The smallest absolute Gasteiger partial charge is 0.322 e. The molecule has 3 rings (SSSR count). The molecule has 6 heteroatoms. The first kappa shape index (κ1) is 15.7. The summed E-state index contributed by atoms with van der Waals surface area (Å²) in [5.74, 6) is -0.756. The number of hydrogen-bond donors (Lipinski definition) is 1. The molecule has 0 aliphatic carbocycles. The maximum atomic E-state index is 11.3. The van der Waals surface area contributed by atoms with Gasteiger partial charge in [-0.2, -0.15) is 5.10 Å². The zero-order chi connectivity index (χ0) is 16.4. The van der Waals surface area contributed by atoms with Gasteiger partial charge in [-0.15, -0.1) is 0 Å². The number of aliphatic carboxylic acids is 1. The van der Waals surface area contributed by atoms with Gasteiger partial charge in [0.25, 0.3) is 0 Å². The van der Waals surface area contributed by atoms with E-state index in [4.69, 9.17) is 0 Å². The van der Waals surface area contributed by atoms with Crippen LogP contribution in [0.2, 0.25) is 0 Å². The Kier molecular flexibility index (Phi) is 4.45. The average Bonchev–Trinajstić information content (AvgIpc) is 2.91. The SMILES string of the molecule is Cc1nn(-c2ccccc2)cc1CN1CCN(C)C(C(=O)O)C1. The molecule has 1 aromatic heterocycles. The zero-order valence-electron chi connectivity index (χ0n) is 13.5. The van der Waals surface area contributed by atoms with Crippen molar-refractivity contribution in [3.05, 3.63) is 47.8 Å². The molecule has 1 saturated heterocycles. The number of rotatable bonds is 4. The number of carboxylic acid groups (broad SMARTS) is 1. The second kappa shape index (κ2) is 6.52. The van der Waals surface area contributed by atoms with Crippen LogP contribution in [0.1, 0.15) is 11.3 Å². The molecule has 1 unspecified atom stereocenters. The van der Waals surface area contributed by atoms with Crippen LogP contribution >= 0.6 is 0 Å². The van der Waals surface area contributed by atoms with Crippen LogP contribution in [0, 0.1) is 6.92 Å². The Hall–Kier alpha value is -2.18. The molecule has 122 valence electrons. The van der Waals surface area contributed by atoms with Gasteiger partial charge < -0.3 is 5.11 Å². The van der Waals surface area contributed by atoms with Gasteiger partial charge in [0.2, 0.25) is 0 Å². The number of benzene rings is 1. The maximum Gasteiger partial charge on any atom is 0.322 e. The van der Waals surface area contributed by atoms with Crippen LogP contribution in [-0.2, 0) is 11.3 Å². The highest BCUT2D eigenvalue weighted by Gasteiger charge is 2.30. The molecule has 23 heavy (non-hydrogen) atoms. The van der Waals surface area contributed by atoms with Crippen LogP contribution in [0.4, 0.5) is 0 Å². The van der Waals surface area contributed by atoms with E-state index in [-0.39, 0.29) is 0 Å². The molecule has 0 radical (unpaired) electrons. The second-order valence-corrected chi connectivity index (χ2v) is 6.09. The highest BCUT2D eigenvalue weighted by Crippen LogP contribution is 2.16. The Morgan fingerprint density at radius 2 is 2.04 bits per heavy atom. The predicted octanol–water partition coefficient (Wildman–Crippen LogP) is 1.38. The third-order valence-electron chi connectivity index (χ3n) is 4.43. The molecule has 0 spiro atoms. The quantitative estimate of drug-likeness (QED) is 0.924. The number of para-hydroxylation sites is 1. The third kappa shape index (κ3) is 3.43. The van der Waals surface area contributed by atoms with Gasteiger partial charge in [0.05, 0.1) is 11.4 Å². The molecular weight excluding hydrogens is 292 g/mol. The molecule has 2 aromatic rings.